The predicted octanol–water partition coefficient (Wildman–Crippen LogP) is 0.968. The molecule has 1 fully saturated rings. The average molecular weight is 263 g/mol. The first-order valence-electron chi connectivity index (χ1n) is 6.62. The van der Waals surface area contributed by atoms with Crippen LogP contribution in [0, 0.1) is 0 Å². The highest BCUT2D eigenvalue weighted by Gasteiger charge is 2.27. The van der Waals surface area contributed by atoms with Gasteiger partial charge in [0.15, 0.2) is 0 Å². The molecule has 0 aromatic carbocycles. The van der Waals surface area contributed by atoms with Gasteiger partial charge in [-0.05, 0) is 12.8 Å². The van der Waals surface area contributed by atoms with Crippen molar-refractivity contribution >= 4 is 17.5 Å². The van der Waals surface area contributed by atoms with Crippen molar-refractivity contribution in [1.29, 1.82) is 0 Å². The number of anilines is 2. The molecule has 0 saturated heterocycles. The molecule has 0 bridgehead atoms. The summed E-state index contributed by atoms with van der Waals surface area (Å²) >= 11 is 0. The van der Waals surface area contributed by atoms with Crippen LogP contribution in [0.4, 0.5) is 11.6 Å². The topological polar surface area (TPSA) is 70.2 Å². The maximum Gasteiger partial charge on any atom is 0.221 e. The summed E-state index contributed by atoms with van der Waals surface area (Å²) in [5, 5.41) is 5.69. The molecule has 19 heavy (non-hydrogen) atoms. The van der Waals surface area contributed by atoms with Gasteiger partial charge in [-0.1, -0.05) is 0 Å². The number of hydrogen-bond donors (Lipinski definition) is 2. The second-order valence-corrected chi connectivity index (χ2v) is 4.84. The Hall–Kier alpha value is -1.85. The van der Waals surface area contributed by atoms with E-state index in [2.05, 4.69) is 20.6 Å². The molecule has 0 spiro atoms. The summed E-state index contributed by atoms with van der Waals surface area (Å²) in [5.74, 6) is 3.16. The van der Waals surface area contributed by atoms with E-state index in [1.54, 1.807) is 7.05 Å². The summed E-state index contributed by atoms with van der Waals surface area (Å²) in [7, 11) is 5.45. The first kappa shape index (κ1) is 13.6. The molecule has 0 aliphatic heterocycles. The van der Waals surface area contributed by atoms with Crippen LogP contribution in [-0.2, 0) is 4.79 Å². The Balaban J connectivity index is 2.09. The SMILES string of the molecule is CNC(=O)CCN(C)c1cc(NC)nc(C2CC2)n1. The van der Waals surface area contributed by atoms with Crippen molar-refractivity contribution in [1.82, 2.24) is 15.3 Å². The van der Waals surface area contributed by atoms with Crippen molar-refractivity contribution in [2.24, 2.45) is 0 Å². The van der Waals surface area contributed by atoms with Crippen molar-refractivity contribution in [3.63, 3.8) is 0 Å². The number of nitrogens with one attached hydrogen (secondary N) is 2. The normalized spacial score (nSPS) is 14.1. The molecule has 6 heteroatoms. The van der Waals surface area contributed by atoms with Gasteiger partial charge in [-0.25, -0.2) is 9.97 Å². The van der Waals surface area contributed by atoms with Gasteiger partial charge < -0.3 is 15.5 Å². The second-order valence-electron chi connectivity index (χ2n) is 4.84. The molecule has 0 unspecified atom stereocenters. The van der Waals surface area contributed by atoms with Crippen molar-refractivity contribution in [2.45, 2.75) is 25.2 Å². The molecule has 6 nitrogen and oxygen atoms in total. The number of rotatable bonds is 6. The molecule has 0 atom stereocenters. The van der Waals surface area contributed by atoms with E-state index in [-0.39, 0.29) is 5.91 Å². The molecule has 1 heterocycles. The minimum absolute atomic E-state index is 0.0390. The van der Waals surface area contributed by atoms with Crippen LogP contribution >= 0.6 is 0 Å². The summed E-state index contributed by atoms with van der Waals surface area (Å²) in [6.45, 7) is 0.643. The van der Waals surface area contributed by atoms with E-state index in [0.29, 0.717) is 18.9 Å². The largest absolute Gasteiger partial charge is 0.373 e. The van der Waals surface area contributed by atoms with Crippen LogP contribution in [0.2, 0.25) is 0 Å². The zero-order valence-corrected chi connectivity index (χ0v) is 11.7. The minimum Gasteiger partial charge on any atom is -0.373 e. The minimum atomic E-state index is 0.0390. The number of carbonyl (C=O) groups excluding carboxylic acids is 1. The van der Waals surface area contributed by atoms with Crippen LogP contribution in [-0.4, -0.2) is 43.6 Å². The molecular weight excluding hydrogens is 242 g/mol. The third-order valence-corrected chi connectivity index (χ3v) is 3.27. The lowest BCUT2D eigenvalue weighted by Crippen LogP contribution is -2.27. The Morgan fingerprint density at radius 3 is 2.74 bits per heavy atom. The van der Waals surface area contributed by atoms with Gasteiger partial charge in [0.25, 0.3) is 0 Å². The third-order valence-electron chi connectivity index (χ3n) is 3.27. The average Bonchev–Trinajstić information content (AvgIpc) is 3.28. The number of hydrogen-bond acceptors (Lipinski definition) is 5. The molecule has 1 aliphatic rings. The number of carbonyl (C=O) groups is 1. The zero-order valence-electron chi connectivity index (χ0n) is 11.7. The first-order valence-corrected chi connectivity index (χ1v) is 6.62. The Labute approximate surface area is 113 Å². The molecule has 1 amide bonds. The summed E-state index contributed by atoms with van der Waals surface area (Å²) in [6, 6.07) is 1.91. The van der Waals surface area contributed by atoms with Crippen LogP contribution in [0.3, 0.4) is 0 Å². The molecular formula is C13H21N5O. The molecule has 1 aromatic heterocycles. The molecule has 1 aliphatic carbocycles. The van der Waals surface area contributed by atoms with E-state index in [0.717, 1.165) is 17.5 Å². The zero-order chi connectivity index (χ0) is 13.8. The molecule has 1 aromatic rings. The molecule has 104 valence electrons. The lowest BCUT2D eigenvalue weighted by Gasteiger charge is -2.19. The van der Waals surface area contributed by atoms with Crippen LogP contribution in [0.1, 0.15) is 31.0 Å². The fourth-order valence-corrected chi connectivity index (χ4v) is 1.81. The lowest BCUT2D eigenvalue weighted by atomic mass is 10.3. The van der Waals surface area contributed by atoms with Gasteiger partial charge in [-0.15, -0.1) is 0 Å². The van der Waals surface area contributed by atoms with Crippen molar-refractivity contribution in [3.05, 3.63) is 11.9 Å². The van der Waals surface area contributed by atoms with Crippen molar-refractivity contribution in [2.75, 3.05) is 37.9 Å². The summed E-state index contributed by atoms with van der Waals surface area (Å²) in [4.78, 5) is 22.3. The monoisotopic (exact) mass is 263 g/mol. The van der Waals surface area contributed by atoms with E-state index in [1.165, 1.54) is 12.8 Å². The Morgan fingerprint density at radius 1 is 1.42 bits per heavy atom. The molecule has 0 radical (unpaired) electrons. The van der Waals surface area contributed by atoms with Gasteiger partial charge in [-0.3, -0.25) is 4.79 Å². The summed E-state index contributed by atoms with van der Waals surface area (Å²) in [5.41, 5.74) is 0. The van der Waals surface area contributed by atoms with Crippen LogP contribution in [0.15, 0.2) is 6.07 Å². The second kappa shape index (κ2) is 5.86. The van der Waals surface area contributed by atoms with Crippen LogP contribution in [0.5, 0.6) is 0 Å². The van der Waals surface area contributed by atoms with Crippen molar-refractivity contribution < 1.29 is 4.79 Å². The van der Waals surface area contributed by atoms with E-state index in [4.69, 9.17) is 0 Å². The van der Waals surface area contributed by atoms with Gasteiger partial charge in [0, 0.05) is 46.1 Å². The fraction of sp³-hybridized carbons (Fsp3) is 0.615. The smallest absolute Gasteiger partial charge is 0.221 e. The lowest BCUT2D eigenvalue weighted by molar-refractivity contribution is -0.120. The Bertz CT molecular complexity index is 458. The van der Waals surface area contributed by atoms with Gasteiger partial charge >= 0.3 is 0 Å². The standard InChI is InChI=1S/C13H21N5O/c1-14-10-8-11(17-13(16-10)9-4-5-9)18(3)7-6-12(19)15-2/h8-9H,4-7H2,1-3H3,(H,15,19)(H,14,16,17). The molecule has 1 saturated carbocycles. The maximum absolute atomic E-state index is 11.3. The highest BCUT2D eigenvalue weighted by molar-refractivity contribution is 5.76. The third kappa shape index (κ3) is 3.56. The van der Waals surface area contributed by atoms with Gasteiger partial charge in [0.1, 0.15) is 17.5 Å². The van der Waals surface area contributed by atoms with Crippen LogP contribution < -0.4 is 15.5 Å². The predicted molar refractivity (Wildman–Crippen MR) is 75.5 cm³/mol. The van der Waals surface area contributed by atoms with Gasteiger partial charge in [0.2, 0.25) is 5.91 Å². The Kier molecular flexibility index (Phi) is 4.19. The summed E-state index contributed by atoms with van der Waals surface area (Å²) < 4.78 is 0. The van der Waals surface area contributed by atoms with Gasteiger partial charge in [-0.2, -0.15) is 0 Å². The van der Waals surface area contributed by atoms with E-state index < -0.39 is 0 Å². The first-order chi connectivity index (χ1) is 9.13. The number of amides is 1. The number of aromatic nitrogens is 2. The van der Waals surface area contributed by atoms with E-state index in [1.807, 2.05) is 25.1 Å². The fourth-order valence-electron chi connectivity index (χ4n) is 1.81. The summed E-state index contributed by atoms with van der Waals surface area (Å²) in [6.07, 6.45) is 2.81. The van der Waals surface area contributed by atoms with E-state index in [9.17, 15) is 4.79 Å². The maximum atomic E-state index is 11.3. The number of nitrogens with zero attached hydrogens (tertiary/aromatic N) is 3. The molecule has 2 rings (SSSR count). The quantitative estimate of drug-likeness (QED) is 0.800. The Morgan fingerprint density at radius 2 is 2.16 bits per heavy atom. The van der Waals surface area contributed by atoms with Gasteiger partial charge in [0.05, 0.1) is 0 Å². The molecule has 2 N–H and O–H groups in total. The highest BCUT2D eigenvalue weighted by Crippen LogP contribution is 2.39. The van der Waals surface area contributed by atoms with Crippen molar-refractivity contribution in [3.8, 4) is 0 Å². The highest BCUT2D eigenvalue weighted by atomic mass is 16.1. The van der Waals surface area contributed by atoms with Crippen LogP contribution in [0.25, 0.3) is 0 Å². The van der Waals surface area contributed by atoms with E-state index >= 15 is 0 Å².